The summed E-state index contributed by atoms with van der Waals surface area (Å²) in [5.41, 5.74) is 6.37. The van der Waals surface area contributed by atoms with Crippen molar-refractivity contribution in [2.24, 2.45) is 0 Å². The zero-order valence-corrected chi connectivity index (χ0v) is 17.8. The van der Waals surface area contributed by atoms with Gasteiger partial charge < -0.3 is 10.7 Å². The number of carbonyl (C=O) groups is 1. The largest absolute Gasteiger partial charge is 0.325 e. The smallest absolute Gasteiger partial charge is 0.240 e. The number of hydrogen-bond donors (Lipinski definition) is 2. The SMILES string of the molecule is CCc1ccccc1NC(=O)[C@H]1Sc2nnc(CC)n2N[C@@H]1c1ccc(Cl)cc1. The van der Waals surface area contributed by atoms with Crippen LogP contribution >= 0.6 is 23.4 Å². The Morgan fingerprint density at radius 1 is 1.14 bits per heavy atom. The van der Waals surface area contributed by atoms with Gasteiger partial charge in [0.2, 0.25) is 11.1 Å². The second-order valence-corrected chi connectivity index (χ2v) is 8.33. The van der Waals surface area contributed by atoms with Gasteiger partial charge in [0, 0.05) is 17.1 Å². The van der Waals surface area contributed by atoms with Gasteiger partial charge in [0.15, 0.2) is 5.82 Å². The summed E-state index contributed by atoms with van der Waals surface area (Å²) in [6.07, 6.45) is 1.59. The van der Waals surface area contributed by atoms with Gasteiger partial charge in [-0.2, -0.15) is 0 Å². The first-order valence-electron chi connectivity index (χ1n) is 9.62. The molecule has 0 bridgehead atoms. The zero-order valence-electron chi connectivity index (χ0n) is 16.2. The normalized spacial score (nSPS) is 18.0. The molecular weight excluding hydrogens is 406 g/mol. The van der Waals surface area contributed by atoms with E-state index in [1.807, 2.05) is 60.1 Å². The molecular formula is C21H22ClN5OS. The monoisotopic (exact) mass is 427 g/mol. The highest BCUT2D eigenvalue weighted by Crippen LogP contribution is 2.38. The van der Waals surface area contributed by atoms with Crippen molar-refractivity contribution >= 4 is 35.0 Å². The number of para-hydroxylation sites is 1. The van der Waals surface area contributed by atoms with E-state index < -0.39 is 5.25 Å². The number of rotatable bonds is 5. The van der Waals surface area contributed by atoms with E-state index in [4.69, 9.17) is 11.6 Å². The van der Waals surface area contributed by atoms with Gasteiger partial charge in [0.1, 0.15) is 5.25 Å². The summed E-state index contributed by atoms with van der Waals surface area (Å²) < 4.78 is 1.88. The number of aromatic nitrogens is 3. The number of carbonyl (C=O) groups excluding carboxylic acids is 1. The average Bonchev–Trinajstić information content (AvgIpc) is 3.16. The summed E-state index contributed by atoms with van der Waals surface area (Å²) in [6.45, 7) is 4.11. The van der Waals surface area contributed by atoms with Gasteiger partial charge in [-0.25, -0.2) is 4.68 Å². The van der Waals surface area contributed by atoms with Gasteiger partial charge in [0.05, 0.1) is 6.04 Å². The molecule has 0 saturated heterocycles. The number of fused-ring (bicyclic) bond motifs is 1. The minimum atomic E-state index is -0.414. The highest BCUT2D eigenvalue weighted by molar-refractivity contribution is 8.00. The maximum atomic E-state index is 13.3. The molecule has 8 heteroatoms. The fourth-order valence-electron chi connectivity index (χ4n) is 3.40. The molecule has 1 aromatic heterocycles. The van der Waals surface area contributed by atoms with Gasteiger partial charge in [-0.1, -0.05) is 67.5 Å². The molecule has 1 aliphatic heterocycles. The maximum absolute atomic E-state index is 13.3. The fourth-order valence-corrected chi connectivity index (χ4v) is 4.63. The topological polar surface area (TPSA) is 71.8 Å². The van der Waals surface area contributed by atoms with Gasteiger partial charge in [-0.15, -0.1) is 10.2 Å². The van der Waals surface area contributed by atoms with Crippen LogP contribution < -0.4 is 10.7 Å². The number of thioether (sulfide) groups is 1. The minimum Gasteiger partial charge on any atom is -0.325 e. The molecule has 0 radical (unpaired) electrons. The van der Waals surface area contributed by atoms with Gasteiger partial charge in [0.25, 0.3) is 0 Å². The number of nitrogens with one attached hydrogen (secondary N) is 2. The lowest BCUT2D eigenvalue weighted by Crippen LogP contribution is -2.41. The Kier molecular flexibility index (Phi) is 5.78. The average molecular weight is 428 g/mol. The van der Waals surface area contributed by atoms with E-state index in [2.05, 4.69) is 27.9 Å². The second kappa shape index (κ2) is 8.47. The van der Waals surface area contributed by atoms with Crippen molar-refractivity contribution in [2.45, 2.75) is 43.1 Å². The van der Waals surface area contributed by atoms with Crippen molar-refractivity contribution in [3.05, 3.63) is 70.5 Å². The summed E-state index contributed by atoms with van der Waals surface area (Å²) >= 11 is 7.49. The molecule has 150 valence electrons. The lowest BCUT2D eigenvalue weighted by Gasteiger charge is -2.33. The first kappa shape index (κ1) is 19.8. The third kappa shape index (κ3) is 3.97. The van der Waals surface area contributed by atoms with Crippen molar-refractivity contribution in [2.75, 3.05) is 10.7 Å². The predicted octanol–water partition coefficient (Wildman–Crippen LogP) is 4.45. The van der Waals surface area contributed by atoms with Crippen LogP contribution in [0, 0.1) is 0 Å². The molecule has 0 unspecified atom stereocenters. The van der Waals surface area contributed by atoms with Crippen molar-refractivity contribution in [1.82, 2.24) is 14.9 Å². The Morgan fingerprint density at radius 3 is 2.62 bits per heavy atom. The summed E-state index contributed by atoms with van der Waals surface area (Å²) in [6, 6.07) is 15.2. The molecule has 0 saturated carbocycles. The Morgan fingerprint density at radius 2 is 1.90 bits per heavy atom. The van der Waals surface area contributed by atoms with Crippen molar-refractivity contribution in [1.29, 1.82) is 0 Å². The molecule has 6 nitrogen and oxygen atoms in total. The van der Waals surface area contributed by atoms with E-state index in [0.717, 1.165) is 35.5 Å². The molecule has 2 atom stereocenters. The lowest BCUT2D eigenvalue weighted by molar-refractivity contribution is -0.116. The molecule has 2 aromatic carbocycles. The quantitative estimate of drug-likeness (QED) is 0.629. The number of aryl methyl sites for hydroxylation is 2. The Bertz CT molecular complexity index is 1020. The number of hydrogen-bond acceptors (Lipinski definition) is 5. The molecule has 0 fully saturated rings. The maximum Gasteiger partial charge on any atom is 0.240 e. The van der Waals surface area contributed by atoms with Crippen LogP contribution in [0.3, 0.4) is 0 Å². The van der Waals surface area contributed by atoms with E-state index in [9.17, 15) is 4.79 Å². The molecule has 4 rings (SSSR count). The van der Waals surface area contributed by atoms with Gasteiger partial charge in [-0.05, 0) is 35.7 Å². The van der Waals surface area contributed by atoms with Crippen LogP contribution in [-0.4, -0.2) is 26.0 Å². The highest BCUT2D eigenvalue weighted by Gasteiger charge is 2.37. The summed E-state index contributed by atoms with van der Waals surface area (Å²) in [7, 11) is 0. The number of halogens is 1. The first-order valence-corrected chi connectivity index (χ1v) is 10.9. The standard InChI is InChI=1S/C21H22ClN5OS/c1-3-13-7-5-6-8-16(13)23-20(28)19-18(14-9-11-15(22)12-10-14)26-27-17(4-2)24-25-21(27)29-19/h5-12,18-19,26H,3-4H2,1-2H3,(H,23,28)/t18-,19+/m1/s1. The molecule has 29 heavy (non-hydrogen) atoms. The number of nitrogens with zero attached hydrogens (tertiary/aromatic N) is 3. The van der Waals surface area contributed by atoms with E-state index in [1.165, 1.54) is 11.8 Å². The third-order valence-electron chi connectivity index (χ3n) is 4.96. The number of amides is 1. The van der Waals surface area contributed by atoms with Crippen LogP contribution in [0.15, 0.2) is 53.7 Å². The Balaban J connectivity index is 1.68. The van der Waals surface area contributed by atoms with Crippen LogP contribution in [0.25, 0.3) is 0 Å². The summed E-state index contributed by atoms with van der Waals surface area (Å²) in [5.74, 6) is 0.761. The molecule has 0 spiro atoms. The third-order valence-corrected chi connectivity index (χ3v) is 6.43. The molecule has 0 aliphatic carbocycles. The Hall–Kier alpha value is -2.51. The first-order chi connectivity index (χ1) is 14.1. The van der Waals surface area contributed by atoms with Crippen LogP contribution in [0.1, 0.15) is 36.8 Å². The van der Waals surface area contributed by atoms with Crippen LogP contribution in [0.5, 0.6) is 0 Å². The van der Waals surface area contributed by atoms with Crippen molar-refractivity contribution in [3.63, 3.8) is 0 Å². The summed E-state index contributed by atoms with van der Waals surface area (Å²) in [5, 5.41) is 12.5. The number of anilines is 1. The van der Waals surface area contributed by atoms with E-state index in [0.29, 0.717) is 10.2 Å². The summed E-state index contributed by atoms with van der Waals surface area (Å²) in [4.78, 5) is 13.3. The molecule has 2 heterocycles. The van der Waals surface area contributed by atoms with E-state index in [-0.39, 0.29) is 11.9 Å². The van der Waals surface area contributed by atoms with Crippen LogP contribution in [-0.2, 0) is 17.6 Å². The second-order valence-electron chi connectivity index (χ2n) is 6.78. The van der Waals surface area contributed by atoms with Gasteiger partial charge in [-0.3, -0.25) is 4.79 Å². The van der Waals surface area contributed by atoms with Gasteiger partial charge >= 0.3 is 0 Å². The zero-order chi connectivity index (χ0) is 20.4. The molecule has 1 aliphatic rings. The Labute approximate surface area is 179 Å². The minimum absolute atomic E-state index is 0.0735. The van der Waals surface area contributed by atoms with Crippen LogP contribution in [0.2, 0.25) is 5.02 Å². The number of benzene rings is 2. The molecule has 1 amide bonds. The lowest BCUT2D eigenvalue weighted by atomic mass is 10.0. The fraction of sp³-hybridized carbons (Fsp3) is 0.286. The van der Waals surface area contributed by atoms with Crippen LogP contribution in [0.4, 0.5) is 5.69 Å². The highest BCUT2D eigenvalue weighted by atomic mass is 35.5. The predicted molar refractivity (Wildman–Crippen MR) is 117 cm³/mol. The van der Waals surface area contributed by atoms with E-state index in [1.54, 1.807) is 0 Å². The van der Waals surface area contributed by atoms with E-state index >= 15 is 0 Å². The van der Waals surface area contributed by atoms with Crippen molar-refractivity contribution in [3.8, 4) is 0 Å². The van der Waals surface area contributed by atoms with Crippen molar-refractivity contribution < 1.29 is 4.79 Å². The molecule has 3 aromatic rings. The molecule has 2 N–H and O–H groups in total.